The summed E-state index contributed by atoms with van der Waals surface area (Å²) in [5.41, 5.74) is 0. The molecule has 1 N–H and O–H groups in total. The fourth-order valence-electron chi connectivity index (χ4n) is 0.829. The SMILES string of the molecule is CCCCO.CC[N-]CC.CC[N-]CC.CC[N-]CC.[Ti+3]. The van der Waals surface area contributed by atoms with E-state index in [0.29, 0.717) is 6.61 Å². The summed E-state index contributed by atoms with van der Waals surface area (Å²) in [7, 11) is 0. The summed E-state index contributed by atoms with van der Waals surface area (Å²) in [6, 6.07) is 0. The maximum absolute atomic E-state index is 8.07. The van der Waals surface area contributed by atoms with Gasteiger partial charge in [0.05, 0.1) is 0 Å². The predicted octanol–water partition coefficient (Wildman–Crippen LogP) is 4.98. The first kappa shape index (κ1) is 33.2. The summed E-state index contributed by atoms with van der Waals surface area (Å²) < 4.78 is 0. The molecule has 0 rings (SSSR count). The second-order valence-electron chi connectivity index (χ2n) is 3.65. The fourth-order valence-corrected chi connectivity index (χ4v) is 0.829. The second-order valence-corrected chi connectivity index (χ2v) is 3.65. The number of rotatable bonds is 8. The Hall–Kier alpha value is 0.554. The van der Waals surface area contributed by atoms with E-state index in [1.807, 2.05) is 41.5 Å². The Labute approximate surface area is 150 Å². The van der Waals surface area contributed by atoms with Gasteiger partial charge < -0.3 is 21.1 Å². The monoisotopic (exact) mass is 338 g/mol. The fraction of sp³-hybridized carbons (Fsp3) is 1.00. The molecule has 0 bridgehead atoms. The Balaban J connectivity index is -0.0000000533. The molecular formula is C16H40N3OTi. The molecule has 0 unspecified atom stereocenters. The van der Waals surface area contributed by atoms with Crippen molar-refractivity contribution in [3.05, 3.63) is 16.0 Å². The van der Waals surface area contributed by atoms with Gasteiger partial charge in [-0.05, 0) is 6.42 Å². The molecular weight excluding hydrogens is 298 g/mol. The van der Waals surface area contributed by atoms with Gasteiger partial charge in [-0.25, -0.2) is 0 Å². The minimum atomic E-state index is 0. The van der Waals surface area contributed by atoms with Crippen LogP contribution in [0.3, 0.4) is 0 Å². The number of hydrogen-bond acceptors (Lipinski definition) is 1. The molecule has 0 aliphatic carbocycles. The van der Waals surface area contributed by atoms with Crippen LogP contribution in [0.2, 0.25) is 0 Å². The molecule has 0 heterocycles. The summed E-state index contributed by atoms with van der Waals surface area (Å²) in [6.45, 7) is 20.5. The minimum Gasteiger partial charge on any atom is -0.663 e. The number of hydrogen-bond donors (Lipinski definition) is 1. The van der Waals surface area contributed by atoms with Crippen molar-refractivity contribution in [3.8, 4) is 0 Å². The molecule has 0 saturated heterocycles. The Morgan fingerprint density at radius 3 is 0.810 bits per heavy atom. The largest absolute Gasteiger partial charge is 3.00 e. The zero-order valence-electron chi connectivity index (χ0n) is 15.7. The summed E-state index contributed by atoms with van der Waals surface area (Å²) in [6.07, 6.45) is 2.04. The molecule has 0 aliphatic rings. The molecule has 129 valence electrons. The third-order valence-corrected chi connectivity index (χ3v) is 1.85. The van der Waals surface area contributed by atoms with Crippen LogP contribution in [0.4, 0.5) is 0 Å². The Morgan fingerprint density at radius 1 is 0.571 bits per heavy atom. The Kier molecular flexibility index (Phi) is 78.9. The average molecular weight is 338 g/mol. The van der Waals surface area contributed by atoms with Gasteiger partial charge in [0.1, 0.15) is 0 Å². The smallest absolute Gasteiger partial charge is 0.663 e. The number of aliphatic hydroxyl groups excluding tert-OH is 1. The van der Waals surface area contributed by atoms with Crippen LogP contribution in [0.1, 0.15) is 61.3 Å². The van der Waals surface area contributed by atoms with Crippen LogP contribution in [0, 0.1) is 0 Å². The van der Waals surface area contributed by atoms with Crippen molar-refractivity contribution in [1.82, 2.24) is 0 Å². The topological polar surface area (TPSA) is 62.5 Å². The first-order chi connectivity index (χ1) is 9.66. The molecule has 0 aromatic heterocycles. The van der Waals surface area contributed by atoms with E-state index in [-0.39, 0.29) is 21.7 Å². The quantitative estimate of drug-likeness (QED) is 0.624. The van der Waals surface area contributed by atoms with Crippen molar-refractivity contribution < 1.29 is 26.8 Å². The number of unbranched alkanes of at least 4 members (excludes halogenated alkanes) is 1. The molecule has 5 heteroatoms. The average Bonchev–Trinajstić information content (AvgIpc) is 2.44. The van der Waals surface area contributed by atoms with Gasteiger partial charge in [-0.1, -0.05) is 54.9 Å². The molecule has 0 aliphatic heterocycles. The molecule has 4 nitrogen and oxygen atoms in total. The van der Waals surface area contributed by atoms with E-state index in [1.165, 1.54) is 0 Å². The van der Waals surface area contributed by atoms with Gasteiger partial charge in [0.15, 0.2) is 0 Å². The maximum Gasteiger partial charge on any atom is 3.00 e. The molecule has 0 aromatic rings. The van der Waals surface area contributed by atoms with E-state index in [1.54, 1.807) is 0 Å². The maximum atomic E-state index is 8.07. The van der Waals surface area contributed by atoms with Crippen molar-refractivity contribution in [2.24, 2.45) is 0 Å². The molecule has 0 fully saturated rings. The van der Waals surface area contributed by atoms with Crippen molar-refractivity contribution in [2.75, 3.05) is 45.9 Å². The van der Waals surface area contributed by atoms with E-state index < -0.39 is 0 Å². The van der Waals surface area contributed by atoms with E-state index >= 15 is 0 Å². The van der Waals surface area contributed by atoms with Crippen LogP contribution in [-0.2, 0) is 21.7 Å². The van der Waals surface area contributed by atoms with Gasteiger partial charge in [0.2, 0.25) is 0 Å². The first-order valence-corrected chi connectivity index (χ1v) is 8.16. The zero-order chi connectivity index (χ0) is 16.5. The zero-order valence-corrected chi connectivity index (χ0v) is 17.2. The minimum absolute atomic E-state index is 0. The van der Waals surface area contributed by atoms with Gasteiger partial charge in [0, 0.05) is 6.61 Å². The van der Waals surface area contributed by atoms with Gasteiger partial charge in [0.25, 0.3) is 0 Å². The summed E-state index contributed by atoms with van der Waals surface area (Å²) in [4.78, 5) is 0. The third kappa shape index (κ3) is 96.7. The summed E-state index contributed by atoms with van der Waals surface area (Å²) >= 11 is 0. The summed E-state index contributed by atoms with van der Waals surface area (Å²) in [5, 5.41) is 20.0. The van der Waals surface area contributed by atoms with Crippen molar-refractivity contribution in [1.29, 1.82) is 0 Å². The third-order valence-electron chi connectivity index (χ3n) is 1.85. The van der Waals surface area contributed by atoms with Crippen LogP contribution in [0.5, 0.6) is 0 Å². The Morgan fingerprint density at radius 2 is 0.810 bits per heavy atom. The second kappa shape index (κ2) is 49.9. The molecule has 0 saturated carbocycles. The predicted molar refractivity (Wildman–Crippen MR) is 95.3 cm³/mol. The van der Waals surface area contributed by atoms with Crippen molar-refractivity contribution in [2.45, 2.75) is 61.3 Å². The molecule has 0 spiro atoms. The van der Waals surface area contributed by atoms with E-state index in [2.05, 4.69) is 22.9 Å². The van der Waals surface area contributed by atoms with Crippen LogP contribution >= 0.6 is 0 Å². The van der Waals surface area contributed by atoms with Crippen LogP contribution < -0.4 is 0 Å². The number of aliphatic hydroxyl groups is 1. The van der Waals surface area contributed by atoms with Gasteiger partial charge in [-0.15, -0.1) is 0 Å². The van der Waals surface area contributed by atoms with Crippen LogP contribution in [0.25, 0.3) is 16.0 Å². The molecule has 0 amide bonds. The van der Waals surface area contributed by atoms with Crippen molar-refractivity contribution in [3.63, 3.8) is 0 Å². The Bertz CT molecular complexity index is 77.5. The molecule has 0 aromatic carbocycles. The first-order valence-electron chi connectivity index (χ1n) is 8.16. The molecule has 1 radical (unpaired) electrons. The van der Waals surface area contributed by atoms with E-state index in [4.69, 9.17) is 5.11 Å². The normalized spacial score (nSPS) is 8.00. The standard InChI is InChI=1S/3C4H10N.C4H10O.Ti/c3*1-3-5-4-2;1-2-3-4-5;/h3*3-4H2,1-2H3;5H,2-4H2,1H3;/q3*-1;;+3. The van der Waals surface area contributed by atoms with E-state index in [0.717, 1.165) is 52.1 Å². The van der Waals surface area contributed by atoms with Gasteiger partial charge in [-0.2, -0.15) is 39.3 Å². The summed E-state index contributed by atoms with van der Waals surface area (Å²) in [5.74, 6) is 0. The van der Waals surface area contributed by atoms with E-state index in [9.17, 15) is 0 Å². The number of nitrogens with zero attached hydrogens (tertiary/aromatic N) is 3. The van der Waals surface area contributed by atoms with Gasteiger partial charge in [-0.3, -0.25) is 0 Å². The molecule has 0 atom stereocenters. The van der Waals surface area contributed by atoms with Crippen LogP contribution in [-0.4, -0.2) is 51.0 Å². The van der Waals surface area contributed by atoms with Gasteiger partial charge >= 0.3 is 21.7 Å². The van der Waals surface area contributed by atoms with Crippen molar-refractivity contribution >= 4 is 0 Å². The van der Waals surface area contributed by atoms with Crippen LogP contribution in [0.15, 0.2) is 0 Å². The molecule has 21 heavy (non-hydrogen) atoms.